The van der Waals surface area contributed by atoms with Gasteiger partial charge in [-0.3, -0.25) is 0 Å². The summed E-state index contributed by atoms with van der Waals surface area (Å²) in [5.41, 5.74) is 19.2. The van der Waals surface area contributed by atoms with Crippen LogP contribution in [0.2, 0.25) is 0 Å². The summed E-state index contributed by atoms with van der Waals surface area (Å²) in [6, 6.07) is 83.4. The van der Waals surface area contributed by atoms with Crippen LogP contribution in [0, 0.1) is 0 Å². The minimum Gasteiger partial charge on any atom is -0.456 e. The minimum atomic E-state index is -2.90. The Hall–Kier alpha value is -8.93. The third kappa shape index (κ3) is 4.68. The van der Waals surface area contributed by atoms with Gasteiger partial charge >= 0.3 is 0 Å². The van der Waals surface area contributed by atoms with Gasteiger partial charge in [-0.25, -0.2) is 0 Å². The number of nitrogens with zero attached hydrogens (tertiary/aromatic N) is 2. The van der Waals surface area contributed by atoms with E-state index in [1.165, 1.54) is 55.6 Å². The van der Waals surface area contributed by atoms with Gasteiger partial charge in [0.2, 0.25) is 0 Å². The Morgan fingerprint density at radius 2 is 0.653 bits per heavy atom. The standard InChI is InChI=1S/C68H39N2O3PS/c75-74-64-52-30-17-31-53(64)70-55-39-51-47(45-27-14-16-29-49(45)68(51,42-22-9-3-10-23-42)43-24-11-4-12-25-43)37-61(55)72-57-33-35-59(66(74)63(57)70)73-58-34-32-56-62(65(58)74)69(52)54-38-50-46(36-60(54)71-56)44-26-13-15-28-48(44)67(50,40-18-5-1-6-19-40)41-20-7-2-8-21-41/h1-39H. The zero-order valence-electron chi connectivity index (χ0n) is 40.0. The van der Waals surface area contributed by atoms with Crippen molar-refractivity contribution in [2.45, 2.75) is 10.8 Å². The molecule has 5 heterocycles. The third-order valence-corrected chi connectivity index (χ3v) is 22.1. The first-order valence-corrected chi connectivity index (χ1v) is 28.4. The normalized spacial score (nSPS) is 16.1. The number of hydrogen-bond acceptors (Lipinski definition) is 6. The minimum absolute atomic E-state index is 0.611. The van der Waals surface area contributed by atoms with Gasteiger partial charge in [-0.1, -0.05) is 188 Å². The van der Waals surface area contributed by atoms with Crippen LogP contribution in [0.25, 0.3) is 22.3 Å². The van der Waals surface area contributed by atoms with E-state index in [2.05, 4.69) is 246 Å². The molecule has 0 bridgehead atoms. The van der Waals surface area contributed by atoms with E-state index in [0.717, 1.165) is 95.7 Å². The molecule has 11 aromatic carbocycles. The molecule has 0 saturated carbocycles. The fourth-order valence-electron chi connectivity index (χ4n) is 14.5. The molecule has 5 nitrogen and oxygen atoms in total. The van der Waals surface area contributed by atoms with Crippen molar-refractivity contribution in [1.29, 1.82) is 0 Å². The van der Waals surface area contributed by atoms with E-state index in [-0.39, 0.29) is 0 Å². The summed E-state index contributed by atoms with van der Waals surface area (Å²) in [6.45, 7) is 0. The number of hydrogen-bond donors (Lipinski definition) is 0. The van der Waals surface area contributed by atoms with Gasteiger partial charge in [-0.05, 0) is 127 Å². The largest absolute Gasteiger partial charge is 0.456 e. The summed E-state index contributed by atoms with van der Waals surface area (Å²) in [4.78, 5) is 4.92. The number of anilines is 6. The third-order valence-electron chi connectivity index (χ3n) is 17.2. The predicted molar refractivity (Wildman–Crippen MR) is 304 cm³/mol. The maximum Gasteiger partial charge on any atom is 0.152 e. The Morgan fingerprint density at radius 3 is 1.07 bits per heavy atom. The summed E-state index contributed by atoms with van der Waals surface area (Å²) < 4.78 is 21.6. The predicted octanol–water partition coefficient (Wildman–Crippen LogP) is 16.1. The van der Waals surface area contributed by atoms with Gasteiger partial charge in [0.05, 0.1) is 50.2 Å². The Labute approximate surface area is 438 Å². The molecule has 0 fully saturated rings. The quantitative estimate of drug-likeness (QED) is 0.164. The van der Waals surface area contributed by atoms with E-state index in [9.17, 15) is 0 Å². The Morgan fingerprint density at radius 1 is 0.293 bits per heavy atom. The smallest absolute Gasteiger partial charge is 0.152 e. The van der Waals surface area contributed by atoms with Crippen LogP contribution in [0.15, 0.2) is 237 Å². The Balaban J connectivity index is 0.919. The number of rotatable bonds is 4. The number of fused-ring (bicyclic) bond motifs is 12. The molecule has 0 amide bonds. The van der Waals surface area contributed by atoms with E-state index in [1.807, 2.05) is 0 Å². The zero-order valence-corrected chi connectivity index (χ0v) is 41.7. The maximum absolute atomic E-state index is 7.50. The maximum atomic E-state index is 7.50. The van der Waals surface area contributed by atoms with E-state index in [0.29, 0.717) is 0 Å². The summed E-state index contributed by atoms with van der Waals surface area (Å²) >= 11 is 7.50. The van der Waals surface area contributed by atoms with Gasteiger partial charge in [-0.15, -0.1) is 0 Å². The van der Waals surface area contributed by atoms with Crippen LogP contribution in [-0.2, 0) is 22.6 Å². The highest BCUT2D eigenvalue weighted by Gasteiger charge is 2.56. The van der Waals surface area contributed by atoms with E-state index in [1.54, 1.807) is 0 Å². The molecular weight excluding hydrogens is 956 g/mol. The van der Waals surface area contributed by atoms with Crippen LogP contribution in [0.3, 0.4) is 0 Å². The van der Waals surface area contributed by atoms with Crippen molar-refractivity contribution >= 4 is 67.9 Å². The molecule has 7 heteroatoms. The van der Waals surface area contributed by atoms with E-state index >= 15 is 0 Å². The van der Waals surface area contributed by atoms with Crippen molar-refractivity contribution < 1.29 is 14.2 Å². The second-order valence-corrected chi connectivity index (χ2v) is 24.7. The molecule has 0 unspecified atom stereocenters. The molecule has 0 saturated heterocycles. The molecule has 0 radical (unpaired) electrons. The van der Waals surface area contributed by atoms with Crippen LogP contribution in [0.5, 0.6) is 34.5 Å². The monoisotopic (exact) mass is 994 g/mol. The molecular formula is C68H39N2O3PS. The first-order valence-electron chi connectivity index (χ1n) is 25.6. The van der Waals surface area contributed by atoms with E-state index < -0.39 is 16.9 Å². The average Bonchev–Trinajstić information content (AvgIpc) is 4.02. The molecule has 75 heavy (non-hydrogen) atoms. The molecule has 7 aliphatic rings. The molecule has 18 rings (SSSR count). The van der Waals surface area contributed by atoms with Gasteiger partial charge in [0, 0.05) is 5.30 Å². The lowest BCUT2D eigenvalue weighted by atomic mass is 9.67. The van der Waals surface area contributed by atoms with Gasteiger partial charge in [0.15, 0.2) is 23.0 Å². The van der Waals surface area contributed by atoms with Crippen LogP contribution in [-0.4, -0.2) is 0 Å². The highest BCUT2D eigenvalue weighted by atomic mass is 32.4. The SMILES string of the molecule is S=P12c3c4cccc3N3c5cc6c(cc5Oc5ccc(c1c53)Oc1ccc3c(c12)N4c1cc2c(cc1O3)-c1ccccc1C2(c1ccccc1)c1ccccc1)-c1ccccc1C6(c1ccccc1)c1ccccc1. The van der Waals surface area contributed by atoms with Crippen molar-refractivity contribution in [2.75, 3.05) is 9.80 Å². The first kappa shape index (κ1) is 40.5. The lowest BCUT2D eigenvalue weighted by Gasteiger charge is -2.51. The molecule has 0 N–H and O–H groups in total. The fraction of sp³-hybridized carbons (Fsp3) is 0.0294. The molecule has 0 spiro atoms. The Kier molecular flexibility index (Phi) is 7.57. The number of benzene rings is 11. The summed E-state index contributed by atoms with van der Waals surface area (Å²) in [5.74, 6) is 4.66. The van der Waals surface area contributed by atoms with E-state index in [4.69, 9.17) is 26.0 Å². The van der Waals surface area contributed by atoms with Crippen molar-refractivity contribution in [3.05, 3.63) is 281 Å². The first-order chi connectivity index (χ1) is 37.1. The van der Waals surface area contributed by atoms with Crippen molar-refractivity contribution in [3.8, 4) is 56.8 Å². The van der Waals surface area contributed by atoms with Gasteiger partial charge in [-0.2, -0.15) is 0 Å². The summed E-state index contributed by atoms with van der Waals surface area (Å²) in [7, 11) is 0. The highest BCUT2D eigenvalue weighted by molar-refractivity contribution is 8.26. The Bertz CT molecular complexity index is 4090. The van der Waals surface area contributed by atoms with Crippen LogP contribution >= 0.6 is 6.04 Å². The zero-order chi connectivity index (χ0) is 48.9. The molecule has 0 atom stereocenters. The topological polar surface area (TPSA) is 34.2 Å². The van der Waals surface area contributed by atoms with Crippen LogP contribution < -0.4 is 39.9 Å². The summed E-state index contributed by atoms with van der Waals surface area (Å²) in [6.07, 6.45) is 0. The van der Waals surface area contributed by atoms with Crippen molar-refractivity contribution in [1.82, 2.24) is 0 Å². The van der Waals surface area contributed by atoms with Gasteiger partial charge in [0.1, 0.15) is 22.9 Å². The highest BCUT2D eigenvalue weighted by Crippen LogP contribution is 2.72. The summed E-state index contributed by atoms with van der Waals surface area (Å²) in [5, 5.41) is 3.18. The molecule has 2 aliphatic carbocycles. The van der Waals surface area contributed by atoms with Crippen molar-refractivity contribution in [3.63, 3.8) is 0 Å². The second kappa shape index (κ2) is 14.0. The lowest BCUT2D eigenvalue weighted by Crippen LogP contribution is -2.46. The van der Waals surface area contributed by atoms with Gasteiger partial charge in [0.25, 0.3) is 0 Å². The lowest BCUT2D eigenvalue weighted by molar-refractivity contribution is 0.463. The van der Waals surface area contributed by atoms with Gasteiger partial charge < -0.3 is 24.0 Å². The fourth-order valence-corrected chi connectivity index (χ4v) is 19.7. The van der Waals surface area contributed by atoms with Crippen LogP contribution in [0.4, 0.5) is 34.1 Å². The second-order valence-electron chi connectivity index (χ2n) is 20.5. The average molecular weight is 995 g/mol. The number of ether oxygens (including phenoxy) is 3. The molecule has 0 aromatic heterocycles. The molecule has 5 aliphatic heterocycles. The molecule has 11 aromatic rings. The van der Waals surface area contributed by atoms with Crippen LogP contribution in [0.1, 0.15) is 44.5 Å². The van der Waals surface area contributed by atoms with Crippen molar-refractivity contribution in [2.24, 2.45) is 0 Å². The molecule has 350 valence electrons.